The summed E-state index contributed by atoms with van der Waals surface area (Å²) in [6, 6.07) is 9.06. The first-order valence-electron chi connectivity index (χ1n) is 7.50. The normalized spacial score (nSPS) is 17.6. The molecule has 1 saturated carbocycles. The third kappa shape index (κ3) is 2.99. The van der Waals surface area contributed by atoms with E-state index in [9.17, 15) is 0 Å². The second-order valence-electron chi connectivity index (χ2n) is 5.53. The maximum absolute atomic E-state index is 4.29. The maximum Gasteiger partial charge on any atom is 0.0416 e. The molecule has 1 atom stereocenters. The molecule has 0 aliphatic heterocycles. The van der Waals surface area contributed by atoms with Crippen molar-refractivity contribution in [2.24, 2.45) is 0 Å². The zero-order valence-electron chi connectivity index (χ0n) is 12.0. The molecule has 1 aromatic carbocycles. The summed E-state index contributed by atoms with van der Waals surface area (Å²) in [6.07, 6.45) is 9.50. The Morgan fingerprint density at radius 3 is 2.95 bits per heavy atom. The Kier molecular flexibility index (Phi) is 4.58. The average Bonchev–Trinajstić information content (AvgIpc) is 3.01. The molecule has 1 fully saturated rings. The third-order valence-corrected chi connectivity index (χ3v) is 5.71. The van der Waals surface area contributed by atoms with Gasteiger partial charge in [-0.25, -0.2) is 0 Å². The van der Waals surface area contributed by atoms with E-state index in [1.54, 1.807) is 0 Å². The molecule has 3 heteroatoms. The van der Waals surface area contributed by atoms with Crippen LogP contribution < -0.4 is 5.32 Å². The summed E-state index contributed by atoms with van der Waals surface area (Å²) in [6.45, 7) is 0. The Balaban J connectivity index is 1.79. The lowest BCUT2D eigenvalue weighted by Crippen LogP contribution is -2.20. The molecule has 3 rings (SSSR count). The first kappa shape index (κ1) is 13.9. The van der Waals surface area contributed by atoms with Gasteiger partial charge in [0.2, 0.25) is 0 Å². The molecule has 1 aliphatic rings. The van der Waals surface area contributed by atoms with E-state index in [4.69, 9.17) is 0 Å². The molecule has 1 aromatic heterocycles. The van der Waals surface area contributed by atoms with Gasteiger partial charge in [0.15, 0.2) is 0 Å². The lowest BCUT2D eigenvalue weighted by atomic mass is 10.0. The zero-order valence-corrected chi connectivity index (χ0v) is 12.8. The van der Waals surface area contributed by atoms with Gasteiger partial charge in [0.05, 0.1) is 0 Å². The van der Waals surface area contributed by atoms with Crippen LogP contribution in [0.3, 0.4) is 0 Å². The van der Waals surface area contributed by atoms with Crippen LogP contribution in [0.4, 0.5) is 0 Å². The highest BCUT2D eigenvalue weighted by molar-refractivity contribution is 7.99. The van der Waals surface area contributed by atoms with Gasteiger partial charge in [0.25, 0.3) is 0 Å². The Bertz CT molecular complexity index is 558. The highest BCUT2D eigenvalue weighted by atomic mass is 32.2. The summed E-state index contributed by atoms with van der Waals surface area (Å²) in [4.78, 5) is 4.29. The van der Waals surface area contributed by atoms with Crippen LogP contribution in [0.2, 0.25) is 0 Å². The lowest BCUT2D eigenvalue weighted by Gasteiger charge is -2.20. The van der Waals surface area contributed by atoms with Crippen molar-refractivity contribution in [3.05, 3.63) is 42.2 Å². The Morgan fingerprint density at radius 2 is 2.15 bits per heavy atom. The van der Waals surface area contributed by atoms with Crippen LogP contribution in [0, 0.1) is 0 Å². The van der Waals surface area contributed by atoms with Crippen LogP contribution in [-0.4, -0.2) is 23.0 Å². The fourth-order valence-corrected chi connectivity index (χ4v) is 4.53. The van der Waals surface area contributed by atoms with E-state index in [0.29, 0.717) is 6.04 Å². The van der Waals surface area contributed by atoms with E-state index in [2.05, 4.69) is 53.4 Å². The number of hydrogen-bond acceptors (Lipinski definition) is 3. The van der Waals surface area contributed by atoms with Gasteiger partial charge < -0.3 is 5.32 Å². The van der Waals surface area contributed by atoms with Crippen LogP contribution in [-0.2, 0) is 0 Å². The summed E-state index contributed by atoms with van der Waals surface area (Å²) in [7, 11) is 2.06. The van der Waals surface area contributed by atoms with E-state index in [-0.39, 0.29) is 0 Å². The lowest BCUT2D eigenvalue weighted by molar-refractivity contribution is 0.664. The number of aromatic nitrogens is 1. The van der Waals surface area contributed by atoms with Crippen molar-refractivity contribution in [1.82, 2.24) is 10.3 Å². The second-order valence-corrected chi connectivity index (χ2v) is 6.86. The van der Waals surface area contributed by atoms with Crippen LogP contribution in [0.15, 0.2) is 36.7 Å². The smallest absolute Gasteiger partial charge is 0.0416 e. The SMILES string of the molecule is CNC(CSC1CCCC1)c1cccc2ccncc12. The molecule has 0 radical (unpaired) electrons. The van der Waals surface area contributed by atoms with Gasteiger partial charge in [-0.15, -0.1) is 0 Å². The molecule has 20 heavy (non-hydrogen) atoms. The largest absolute Gasteiger partial charge is 0.312 e. The van der Waals surface area contributed by atoms with Gasteiger partial charge in [0, 0.05) is 34.8 Å². The predicted molar refractivity (Wildman–Crippen MR) is 88.3 cm³/mol. The monoisotopic (exact) mass is 286 g/mol. The molecule has 106 valence electrons. The summed E-state index contributed by atoms with van der Waals surface area (Å²) in [5.74, 6) is 1.15. The number of thioether (sulfide) groups is 1. The van der Waals surface area contributed by atoms with Crippen molar-refractivity contribution in [3.63, 3.8) is 0 Å². The van der Waals surface area contributed by atoms with Crippen molar-refractivity contribution < 1.29 is 0 Å². The van der Waals surface area contributed by atoms with Gasteiger partial charge >= 0.3 is 0 Å². The van der Waals surface area contributed by atoms with Gasteiger partial charge in [0.1, 0.15) is 0 Å². The van der Waals surface area contributed by atoms with Crippen LogP contribution in [0.1, 0.15) is 37.3 Å². The highest BCUT2D eigenvalue weighted by Gasteiger charge is 2.19. The first-order chi connectivity index (χ1) is 9.88. The van der Waals surface area contributed by atoms with E-state index in [1.165, 1.54) is 42.0 Å². The van der Waals surface area contributed by atoms with Crippen LogP contribution >= 0.6 is 11.8 Å². The third-order valence-electron chi connectivity index (χ3n) is 4.24. The van der Waals surface area contributed by atoms with Gasteiger partial charge in [-0.3, -0.25) is 4.98 Å². The molecule has 0 spiro atoms. The molecular formula is C17H22N2S. The van der Waals surface area contributed by atoms with Crippen LogP contribution in [0.25, 0.3) is 10.8 Å². The topological polar surface area (TPSA) is 24.9 Å². The molecular weight excluding hydrogens is 264 g/mol. The van der Waals surface area contributed by atoms with Gasteiger partial charge in [-0.2, -0.15) is 11.8 Å². The summed E-state index contributed by atoms with van der Waals surface area (Å²) in [5, 5.41) is 6.92. The molecule has 1 unspecified atom stereocenters. The predicted octanol–water partition coefficient (Wildman–Crippen LogP) is 4.17. The van der Waals surface area contributed by atoms with E-state index in [0.717, 1.165) is 11.0 Å². The molecule has 0 amide bonds. The molecule has 1 N–H and O–H groups in total. The number of benzene rings is 1. The summed E-state index contributed by atoms with van der Waals surface area (Å²) >= 11 is 2.14. The number of pyridine rings is 1. The van der Waals surface area contributed by atoms with Crippen molar-refractivity contribution >= 4 is 22.5 Å². The quantitative estimate of drug-likeness (QED) is 0.893. The van der Waals surface area contributed by atoms with E-state index in [1.807, 2.05) is 12.4 Å². The van der Waals surface area contributed by atoms with Crippen molar-refractivity contribution in [1.29, 1.82) is 0 Å². The Morgan fingerprint density at radius 1 is 1.30 bits per heavy atom. The minimum Gasteiger partial charge on any atom is -0.312 e. The Labute approximate surface area is 125 Å². The van der Waals surface area contributed by atoms with Crippen molar-refractivity contribution in [3.8, 4) is 0 Å². The van der Waals surface area contributed by atoms with Gasteiger partial charge in [-0.1, -0.05) is 31.0 Å². The molecule has 0 saturated heterocycles. The molecule has 1 heterocycles. The fourth-order valence-electron chi connectivity index (χ4n) is 3.06. The number of nitrogens with one attached hydrogen (secondary N) is 1. The number of hydrogen-bond donors (Lipinski definition) is 1. The Hall–Kier alpha value is -1.06. The zero-order chi connectivity index (χ0) is 13.8. The molecule has 2 aromatic rings. The fraction of sp³-hybridized carbons (Fsp3) is 0.471. The standard InChI is InChI=1S/C17H22N2S/c1-18-17(12-20-14-6-2-3-7-14)15-8-4-5-13-9-10-19-11-16(13)15/h4-5,8-11,14,17-18H,2-3,6-7,12H2,1H3. The second kappa shape index (κ2) is 6.59. The van der Waals surface area contributed by atoms with E-state index >= 15 is 0 Å². The minimum absolute atomic E-state index is 0.411. The van der Waals surface area contributed by atoms with Crippen LogP contribution in [0.5, 0.6) is 0 Å². The average molecular weight is 286 g/mol. The molecule has 0 bridgehead atoms. The number of nitrogens with zero attached hydrogens (tertiary/aromatic N) is 1. The summed E-state index contributed by atoms with van der Waals surface area (Å²) < 4.78 is 0. The van der Waals surface area contributed by atoms with Crippen molar-refractivity contribution in [2.45, 2.75) is 37.0 Å². The van der Waals surface area contributed by atoms with Gasteiger partial charge in [-0.05, 0) is 36.9 Å². The minimum atomic E-state index is 0.411. The summed E-state index contributed by atoms with van der Waals surface area (Å²) in [5.41, 5.74) is 1.38. The number of rotatable bonds is 5. The number of fused-ring (bicyclic) bond motifs is 1. The maximum atomic E-state index is 4.29. The molecule has 2 nitrogen and oxygen atoms in total. The van der Waals surface area contributed by atoms with E-state index < -0.39 is 0 Å². The first-order valence-corrected chi connectivity index (χ1v) is 8.55. The highest BCUT2D eigenvalue weighted by Crippen LogP contribution is 2.33. The molecule has 1 aliphatic carbocycles. The van der Waals surface area contributed by atoms with Crippen molar-refractivity contribution in [2.75, 3.05) is 12.8 Å².